The van der Waals surface area contributed by atoms with Crippen LogP contribution in [0.3, 0.4) is 0 Å². The van der Waals surface area contributed by atoms with E-state index < -0.39 is 91.2 Å². The van der Waals surface area contributed by atoms with Gasteiger partial charge in [0.05, 0.1) is 74.2 Å². The third-order valence-corrected chi connectivity index (χ3v) is 14.3. The molecule has 0 radical (unpaired) electrons. The SMILES string of the molecule is CC(=O)OCC(CNC(=O)c1c(I)c(NC(=O)CC(=O)Nc2c(I)c(C(=O)NCCO)c(I)c(C(=O)NCC(COC(C)=O)OC(C)=O)c2I)c(I)c(C(=O)NCCO)c1I)OC(C)=O. The fourth-order valence-electron chi connectivity index (χ4n) is 5.12. The first-order chi connectivity index (χ1) is 30.5. The summed E-state index contributed by atoms with van der Waals surface area (Å²) in [5.74, 6) is -7.61. The molecule has 2 aromatic carbocycles. The lowest BCUT2D eigenvalue weighted by Crippen LogP contribution is -2.39. The maximum atomic E-state index is 13.8. The number of nitrogens with one attached hydrogen (secondary N) is 6. The first-order valence-electron chi connectivity index (χ1n) is 18.4. The van der Waals surface area contributed by atoms with E-state index >= 15 is 0 Å². The zero-order valence-corrected chi connectivity index (χ0v) is 47.3. The minimum atomic E-state index is -1.08. The van der Waals surface area contributed by atoms with Crippen molar-refractivity contribution < 1.29 is 77.1 Å². The molecular weight excluding hydrogens is 1550 g/mol. The van der Waals surface area contributed by atoms with Gasteiger partial charge in [0, 0.05) is 47.9 Å². The number of carbonyl (C=O) groups is 10. The van der Waals surface area contributed by atoms with Crippen LogP contribution in [0.5, 0.6) is 0 Å². The molecule has 0 spiro atoms. The lowest BCUT2D eigenvalue weighted by molar-refractivity contribution is -0.155. The average Bonchev–Trinajstić information content (AvgIpc) is 3.21. The van der Waals surface area contributed by atoms with Crippen LogP contribution in [-0.2, 0) is 47.7 Å². The van der Waals surface area contributed by atoms with Crippen molar-refractivity contribution in [3.05, 3.63) is 43.7 Å². The summed E-state index contributed by atoms with van der Waals surface area (Å²) in [7, 11) is 0. The van der Waals surface area contributed by atoms with Crippen molar-refractivity contribution in [2.45, 2.75) is 46.3 Å². The number of rotatable bonds is 22. The lowest BCUT2D eigenvalue weighted by Gasteiger charge is -2.21. The number of hydrogen-bond acceptors (Lipinski definition) is 16. The van der Waals surface area contributed by atoms with Crippen molar-refractivity contribution in [1.82, 2.24) is 21.3 Å². The van der Waals surface area contributed by atoms with E-state index in [1.54, 1.807) is 136 Å². The van der Waals surface area contributed by atoms with Crippen molar-refractivity contribution in [3.8, 4) is 0 Å². The monoisotopic (exact) mass is 1590 g/mol. The van der Waals surface area contributed by atoms with E-state index in [0.717, 1.165) is 27.7 Å². The maximum absolute atomic E-state index is 13.8. The number of ether oxygens (including phenoxy) is 4. The van der Waals surface area contributed by atoms with E-state index in [4.69, 9.17) is 18.9 Å². The van der Waals surface area contributed by atoms with Crippen LogP contribution >= 0.6 is 136 Å². The van der Waals surface area contributed by atoms with Gasteiger partial charge >= 0.3 is 23.9 Å². The number of hydrogen-bond donors (Lipinski definition) is 8. The van der Waals surface area contributed by atoms with E-state index in [1.807, 2.05) is 0 Å². The van der Waals surface area contributed by atoms with Gasteiger partial charge in [0.1, 0.15) is 19.6 Å². The van der Waals surface area contributed by atoms with Crippen molar-refractivity contribution in [2.24, 2.45) is 0 Å². The number of aliphatic hydroxyl groups excluding tert-OH is 2. The van der Waals surface area contributed by atoms with Crippen LogP contribution in [0.4, 0.5) is 11.4 Å². The van der Waals surface area contributed by atoms with E-state index in [2.05, 4.69) is 31.9 Å². The number of amides is 6. The van der Waals surface area contributed by atoms with Gasteiger partial charge in [-0.2, -0.15) is 0 Å². The van der Waals surface area contributed by atoms with Gasteiger partial charge in [0.2, 0.25) is 11.8 Å². The number of halogens is 6. The smallest absolute Gasteiger partial charge is 0.303 e. The number of esters is 4. The molecule has 0 saturated carbocycles. The molecule has 8 N–H and O–H groups in total. The Hall–Kier alpha value is -2.56. The van der Waals surface area contributed by atoms with Crippen LogP contribution in [0.2, 0.25) is 0 Å². The molecule has 0 aliphatic heterocycles. The van der Waals surface area contributed by atoms with E-state index in [0.29, 0.717) is 0 Å². The highest BCUT2D eigenvalue weighted by atomic mass is 127. The molecule has 6 amide bonds. The Morgan fingerprint density at radius 2 is 0.754 bits per heavy atom. The molecule has 0 fully saturated rings. The van der Waals surface area contributed by atoms with Crippen molar-refractivity contribution >= 4 is 206 Å². The third-order valence-electron chi connectivity index (χ3n) is 7.78. The number of carbonyl (C=O) groups excluding carboxylic acids is 10. The van der Waals surface area contributed by atoms with Gasteiger partial charge in [-0.1, -0.05) is 0 Å². The highest BCUT2D eigenvalue weighted by molar-refractivity contribution is 14.1. The first kappa shape index (κ1) is 58.6. The Kier molecular flexibility index (Phi) is 25.9. The fourth-order valence-corrected chi connectivity index (χ4v) is 14.0. The van der Waals surface area contributed by atoms with Crippen LogP contribution < -0.4 is 31.9 Å². The third kappa shape index (κ3) is 18.1. The molecule has 0 heterocycles. The lowest BCUT2D eigenvalue weighted by atomic mass is 10.1. The minimum absolute atomic E-state index is 0.0406. The summed E-state index contributed by atoms with van der Waals surface area (Å²) < 4.78 is 21.0. The van der Waals surface area contributed by atoms with Gasteiger partial charge < -0.3 is 61.1 Å². The van der Waals surface area contributed by atoms with Gasteiger partial charge in [-0.25, -0.2) is 0 Å². The molecule has 0 aromatic heterocycles. The minimum Gasteiger partial charge on any atom is -0.462 e. The molecule has 2 atom stereocenters. The second-order valence-corrected chi connectivity index (χ2v) is 19.3. The summed E-state index contributed by atoms with van der Waals surface area (Å²) in [5.41, 5.74) is -0.398. The number of benzene rings is 2. The van der Waals surface area contributed by atoms with E-state index in [-0.39, 0.29) is 94.4 Å². The average molecular weight is 1590 g/mol. The summed E-state index contributed by atoms with van der Waals surface area (Å²) in [6.07, 6.45) is -3.05. The van der Waals surface area contributed by atoms with Gasteiger partial charge in [-0.3, -0.25) is 47.9 Å². The molecule has 2 rings (SSSR count). The number of anilines is 2. The number of aliphatic hydroxyl groups is 2. The van der Waals surface area contributed by atoms with Crippen LogP contribution in [-0.4, -0.2) is 134 Å². The zero-order chi connectivity index (χ0) is 49.3. The van der Waals surface area contributed by atoms with Crippen LogP contribution in [0.25, 0.3) is 0 Å². The maximum Gasteiger partial charge on any atom is 0.303 e. The first-order valence-corrected chi connectivity index (χ1v) is 24.9. The normalized spacial score (nSPS) is 11.5. The Bertz CT molecular complexity index is 2080. The predicted molar refractivity (Wildman–Crippen MR) is 279 cm³/mol. The van der Waals surface area contributed by atoms with Crippen LogP contribution in [0, 0.1) is 21.4 Å². The summed E-state index contributed by atoms with van der Waals surface area (Å²) in [6, 6.07) is 0. The molecule has 0 aliphatic carbocycles. The summed E-state index contributed by atoms with van der Waals surface area (Å²) >= 11 is 10.7. The zero-order valence-electron chi connectivity index (χ0n) is 34.4. The van der Waals surface area contributed by atoms with E-state index in [1.165, 1.54) is 0 Å². The summed E-state index contributed by atoms with van der Waals surface area (Å²) in [4.78, 5) is 128. The molecule has 0 bridgehead atoms. The Morgan fingerprint density at radius 1 is 0.462 bits per heavy atom. The highest BCUT2D eigenvalue weighted by Crippen LogP contribution is 2.37. The molecule has 2 unspecified atom stereocenters. The molecule has 22 nitrogen and oxygen atoms in total. The van der Waals surface area contributed by atoms with Gasteiger partial charge in [0.25, 0.3) is 23.6 Å². The summed E-state index contributed by atoms with van der Waals surface area (Å²) in [5, 5.41) is 34.1. The van der Waals surface area contributed by atoms with Crippen LogP contribution in [0.1, 0.15) is 75.5 Å². The standard InChI is InChI=1S/C37H40I6N6O16/c1-14(52)62-12-18(64-16(3)54)10-46-36(60)24-26(38)22(34(58)44-5-7-50)28(40)32(30(24)42)48-20(56)9-21(57)49-33-29(41)23(35(59)45-6-8-51)27(39)25(31(33)43)37(61)47-11-19(65-17(4)55)13-63-15(2)53/h18-19,50-51H,5-13H2,1-4H3,(H,44,58)(H,45,59)(H,46,60)(H,47,61)(H,48,56)(H,49,57). The molecule has 0 saturated heterocycles. The molecule has 28 heteroatoms. The quantitative estimate of drug-likeness (QED) is 0.0363. The molecule has 2 aromatic rings. The van der Waals surface area contributed by atoms with E-state index in [9.17, 15) is 58.2 Å². The van der Waals surface area contributed by atoms with Gasteiger partial charge in [-0.15, -0.1) is 0 Å². The highest BCUT2D eigenvalue weighted by Gasteiger charge is 2.32. The topological polar surface area (TPSA) is 320 Å². The molecular formula is C37H40I6N6O16. The second kappa shape index (κ2) is 28.7. The molecule has 0 aliphatic rings. The van der Waals surface area contributed by atoms with Crippen molar-refractivity contribution in [1.29, 1.82) is 0 Å². The Balaban J connectivity index is 2.58. The largest absolute Gasteiger partial charge is 0.462 e. The van der Waals surface area contributed by atoms with Crippen molar-refractivity contribution in [2.75, 3.05) is 63.2 Å². The van der Waals surface area contributed by atoms with Crippen LogP contribution in [0.15, 0.2) is 0 Å². The summed E-state index contributed by atoms with van der Waals surface area (Å²) in [6.45, 7) is 1.99. The predicted octanol–water partition coefficient (Wildman–Crippen LogP) is 2.17. The van der Waals surface area contributed by atoms with Gasteiger partial charge in [0.15, 0.2) is 12.2 Å². The fraction of sp³-hybridized carbons (Fsp3) is 0.405. The molecule has 65 heavy (non-hydrogen) atoms. The van der Waals surface area contributed by atoms with Gasteiger partial charge in [-0.05, 0) is 136 Å². The molecule has 356 valence electrons. The Labute approximate surface area is 452 Å². The van der Waals surface area contributed by atoms with Crippen molar-refractivity contribution in [3.63, 3.8) is 0 Å². The Morgan fingerprint density at radius 3 is 1.02 bits per heavy atom. The second-order valence-electron chi connectivity index (χ2n) is 12.9.